The van der Waals surface area contributed by atoms with Crippen molar-refractivity contribution in [2.24, 2.45) is 0 Å². The molecule has 0 bridgehead atoms. The number of rotatable bonds is 5. The lowest BCUT2D eigenvalue weighted by molar-refractivity contribution is -0.131. The lowest BCUT2D eigenvalue weighted by atomic mass is 10.0. The first-order chi connectivity index (χ1) is 16.2. The molecule has 6 heterocycles. The zero-order chi connectivity index (χ0) is 22.2. The minimum absolute atomic E-state index is 0.0267. The molecule has 4 aromatic rings. The number of nitrogens with one attached hydrogen (secondary N) is 2. The third-order valence-electron chi connectivity index (χ3n) is 5.98. The van der Waals surface area contributed by atoms with Crippen molar-refractivity contribution in [3.63, 3.8) is 0 Å². The Morgan fingerprint density at radius 3 is 3.03 bits per heavy atom. The fourth-order valence-electron chi connectivity index (χ4n) is 4.19. The van der Waals surface area contributed by atoms with Gasteiger partial charge in [-0.1, -0.05) is 5.21 Å². The van der Waals surface area contributed by atoms with E-state index in [1.165, 1.54) is 5.69 Å². The highest BCUT2D eigenvalue weighted by Crippen LogP contribution is 2.20. The van der Waals surface area contributed by atoms with Crippen LogP contribution in [0, 0.1) is 0 Å². The van der Waals surface area contributed by atoms with Crippen molar-refractivity contribution in [2.45, 2.75) is 44.8 Å². The van der Waals surface area contributed by atoms with Crippen LogP contribution in [-0.2, 0) is 37.1 Å². The lowest BCUT2D eigenvalue weighted by Crippen LogP contribution is -2.37. The van der Waals surface area contributed by atoms with Gasteiger partial charge in [0.05, 0.1) is 17.8 Å². The molecule has 0 radical (unpaired) electrons. The molecule has 0 saturated heterocycles. The molecule has 2 aliphatic heterocycles. The molecule has 1 amide bonds. The second kappa shape index (κ2) is 8.07. The Morgan fingerprint density at radius 1 is 1.21 bits per heavy atom. The first-order valence-corrected chi connectivity index (χ1v) is 10.8. The second-order valence-electron chi connectivity index (χ2n) is 8.16. The number of hydrogen-bond donors (Lipinski definition) is 2. The van der Waals surface area contributed by atoms with Gasteiger partial charge in [0.2, 0.25) is 17.7 Å². The molecule has 13 nitrogen and oxygen atoms in total. The SMILES string of the molecule is O=C(Cc1nnc(-c2cnc(NC3CCn4nccc4C3)nc2)o1)N1CCc2[nH]nnc2C1. The summed E-state index contributed by atoms with van der Waals surface area (Å²) in [5, 5.41) is 26.4. The Labute approximate surface area is 187 Å². The molecule has 2 N–H and O–H groups in total. The highest BCUT2D eigenvalue weighted by molar-refractivity contribution is 5.78. The van der Waals surface area contributed by atoms with E-state index in [1.807, 2.05) is 16.9 Å². The van der Waals surface area contributed by atoms with Crippen molar-refractivity contribution < 1.29 is 9.21 Å². The average Bonchev–Trinajstić information content (AvgIpc) is 3.59. The van der Waals surface area contributed by atoms with Gasteiger partial charge in [0, 0.05) is 56.3 Å². The zero-order valence-corrected chi connectivity index (χ0v) is 17.7. The average molecular weight is 447 g/mol. The summed E-state index contributed by atoms with van der Waals surface area (Å²) >= 11 is 0. The molecule has 33 heavy (non-hydrogen) atoms. The molecule has 0 aliphatic carbocycles. The number of amides is 1. The van der Waals surface area contributed by atoms with Crippen LogP contribution in [0.1, 0.15) is 29.4 Å². The van der Waals surface area contributed by atoms with Gasteiger partial charge in [-0.25, -0.2) is 9.97 Å². The molecule has 6 rings (SSSR count). The summed E-state index contributed by atoms with van der Waals surface area (Å²) < 4.78 is 7.72. The van der Waals surface area contributed by atoms with Crippen molar-refractivity contribution in [1.82, 2.24) is 50.3 Å². The van der Waals surface area contributed by atoms with Crippen LogP contribution in [-0.4, -0.2) is 68.8 Å². The number of carbonyl (C=O) groups is 1. The molecule has 168 valence electrons. The van der Waals surface area contributed by atoms with Crippen LogP contribution in [0.3, 0.4) is 0 Å². The lowest BCUT2D eigenvalue weighted by Gasteiger charge is -2.25. The molecule has 13 heteroatoms. The van der Waals surface area contributed by atoms with Crippen molar-refractivity contribution >= 4 is 11.9 Å². The van der Waals surface area contributed by atoms with Gasteiger partial charge in [-0.2, -0.15) is 5.10 Å². The van der Waals surface area contributed by atoms with E-state index in [-0.39, 0.29) is 30.2 Å². The summed E-state index contributed by atoms with van der Waals surface area (Å²) in [4.78, 5) is 23.1. The van der Waals surface area contributed by atoms with Crippen molar-refractivity contribution in [1.29, 1.82) is 0 Å². The number of H-pyrrole nitrogens is 1. The number of aromatic nitrogens is 9. The molecule has 0 fully saturated rings. The summed E-state index contributed by atoms with van der Waals surface area (Å²) in [6.45, 7) is 1.90. The molecule has 1 atom stereocenters. The number of carbonyl (C=O) groups excluding carboxylic acids is 1. The van der Waals surface area contributed by atoms with Gasteiger partial charge in [-0.05, 0) is 12.5 Å². The van der Waals surface area contributed by atoms with Crippen LogP contribution >= 0.6 is 0 Å². The van der Waals surface area contributed by atoms with Gasteiger partial charge in [-0.3, -0.25) is 14.6 Å². The minimum atomic E-state index is -0.0940. The number of hydrogen-bond acceptors (Lipinski definition) is 10. The highest BCUT2D eigenvalue weighted by atomic mass is 16.4. The first kappa shape index (κ1) is 19.5. The summed E-state index contributed by atoms with van der Waals surface area (Å²) in [6, 6.07) is 2.29. The van der Waals surface area contributed by atoms with E-state index in [1.54, 1.807) is 17.3 Å². The maximum atomic E-state index is 12.6. The predicted octanol–water partition coefficient (Wildman–Crippen LogP) is 0.395. The minimum Gasteiger partial charge on any atom is -0.420 e. The van der Waals surface area contributed by atoms with Gasteiger partial charge < -0.3 is 14.6 Å². The molecular weight excluding hydrogens is 426 g/mol. The van der Waals surface area contributed by atoms with E-state index in [4.69, 9.17) is 4.42 Å². The van der Waals surface area contributed by atoms with Gasteiger partial charge in [0.1, 0.15) is 12.1 Å². The highest BCUT2D eigenvalue weighted by Gasteiger charge is 2.25. The fraction of sp³-hybridized carbons (Fsp3) is 0.400. The van der Waals surface area contributed by atoms with Crippen LogP contribution in [0.4, 0.5) is 5.95 Å². The largest absolute Gasteiger partial charge is 0.420 e. The topological polar surface area (TPSA) is 156 Å². The van der Waals surface area contributed by atoms with Crippen molar-refractivity contribution in [3.05, 3.63) is 47.6 Å². The Morgan fingerprint density at radius 2 is 2.12 bits per heavy atom. The van der Waals surface area contributed by atoms with Crippen molar-refractivity contribution in [3.8, 4) is 11.5 Å². The molecule has 1 unspecified atom stereocenters. The standard InChI is InChI=1S/C20H21N11O2/c32-18(30-5-3-15-16(11-30)26-29-25-15)8-17-27-28-19(33-17)12-9-21-20(22-10-12)24-13-2-6-31-14(7-13)1-4-23-31/h1,4,9-10,13H,2-3,5-8,11H2,(H,21,22,24)(H,25,26,29). The van der Waals surface area contributed by atoms with E-state index < -0.39 is 0 Å². The van der Waals surface area contributed by atoms with Crippen LogP contribution < -0.4 is 5.32 Å². The maximum Gasteiger partial charge on any atom is 0.250 e. The number of anilines is 1. The number of nitrogens with zero attached hydrogens (tertiary/aromatic N) is 9. The fourth-order valence-corrected chi connectivity index (χ4v) is 4.19. The Kier molecular flexibility index (Phi) is 4.78. The summed E-state index contributed by atoms with van der Waals surface area (Å²) in [6.07, 6.45) is 7.66. The van der Waals surface area contributed by atoms with Crippen LogP contribution in [0.15, 0.2) is 29.1 Å². The number of aromatic amines is 1. The number of fused-ring (bicyclic) bond motifs is 2. The summed E-state index contributed by atoms with van der Waals surface area (Å²) in [7, 11) is 0. The summed E-state index contributed by atoms with van der Waals surface area (Å²) in [5.41, 5.74) is 3.57. The van der Waals surface area contributed by atoms with E-state index in [9.17, 15) is 4.79 Å². The van der Waals surface area contributed by atoms with Crippen LogP contribution in [0.25, 0.3) is 11.5 Å². The van der Waals surface area contributed by atoms with E-state index in [0.717, 1.165) is 30.8 Å². The third kappa shape index (κ3) is 3.92. The van der Waals surface area contributed by atoms with E-state index >= 15 is 0 Å². The maximum absolute atomic E-state index is 12.6. The van der Waals surface area contributed by atoms with E-state index in [2.05, 4.69) is 46.0 Å². The first-order valence-electron chi connectivity index (χ1n) is 10.8. The second-order valence-corrected chi connectivity index (χ2v) is 8.16. The smallest absolute Gasteiger partial charge is 0.250 e. The molecule has 2 aliphatic rings. The Hall–Kier alpha value is -4.16. The third-order valence-corrected chi connectivity index (χ3v) is 5.98. The molecular formula is C20H21N11O2. The van der Waals surface area contributed by atoms with Gasteiger partial charge >= 0.3 is 0 Å². The molecule has 0 spiro atoms. The Balaban J connectivity index is 1.07. The van der Waals surface area contributed by atoms with Crippen LogP contribution in [0.5, 0.6) is 0 Å². The number of aryl methyl sites for hydroxylation is 1. The molecule has 0 aromatic carbocycles. The Bertz CT molecular complexity index is 1280. The monoisotopic (exact) mass is 447 g/mol. The van der Waals surface area contributed by atoms with Gasteiger partial charge in [0.25, 0.3) is 5.89 Å². The molecule has 0 saturated carbocycles. The van der Waals surface area contributed by atoms with Gasteiger partial charge in [-0.15, -0.1) is 15.3 Å². The predicted molar refractivity (Wildman–Crippen MR) is 112 cm³/mol. The molecule has 4 aromatic heterocycles. The zero-order valence-electron chi connectivity index (χ0n) is 17.7. The van der Waals surface area contributed by atoms with Gasteiger partial charge in [0.15, 0.2) is 0 Å². The quantitative estimate of drug-likeness (QED) is 0.439. The summed E-state index contributed by atoms with van der Waals surface area (Å²) in [5.74, 6) is 0.984. The normalized spacial score (nSPS) is 17.5. The van der Waals surface area contributed by atoms with Crippen LogP contribution in [0.2, 0.25) is 0 Å². The van der Waals surface area contributed by atoms with Crippen molar-refractivity contribution in [2.75, 3.05) is 11.9 Å². The van der Waals surface area contributed by atoms with E-state index in [0.29, 0.717) is 31.0 Å².